The van der Waals surface area contributed by atoms with Crippen LogP contribution in [0.1, 0.15) is 38.5 Å². The Labute approximate surface area is 220 Å². The van der Waals surface area contributed by atoms with Gasteiger partial charge in [-0.05, 0) is 68.9 Å². The van der Waals surface area contributed by atoms with E-state index in [1.165, 1.54) is 72.3 Å². The van der Waals surface area contributed by atoms with Gasteiger partial charge in [0.1, 0.15) is 5.75 Å². The molecule has 0 amide bonds. The largest absolute Gasteiger partial charge is 0.495 e. The highest BCUT2D eigenvalue weighted by molar-refractivity contribution is 6.31. The Morgan fingerprint density at radius 3 is 1.72 bits per heavy atom. The molecular formula is C31H36ClN3O. The maximum absolute atomic E-state index is 6.54. The second-order valence-electron chi connectivity index (χ2n) is 10.3. The van der Waals surface area contributed by atoms with Gasteiger partial charge in [0.15, 0.2) is 0 Å². The summed E-state index contributed by atoms with van der Waals surface area (Å²) in [5, 5.41) is 0.787. The Morgan fingerprint density at radius 1 is 0.583 bits per heavy atom. The molecule has 0 bridgehead atoms. The van der Waals surface area contributed by atoms with E-state index in [-0.39, 0.29) is 0 Å². The average molecular weight is 502 g/mol. The fourth-order valence-electron chi connectivity index (χ4n) is 6.28. The molecule has 0 aromatic heterocycles. The Morgan fingerprint density at radius 2 is 1.11 bits per heavy atom. The fourth-order valence-corrected chi connectivity index (χ4v) is 6.45. The first kappa shape index (κ1) is 23.5. The maximum atomic E-state index is 6.54. The van der Waals surface area contributed by atoms with Gasteiger partial charge in [-0.3, -0.25) is 0 Å². The highest BCUT2D eigenvalue weighted by Crippen LogP contribution is 2.48. The minimum atomic E-state index is 0.787. The number of hydrogen-bond donors (Lipinski definition) is 0. The van der Waals surface area contributed by atoms with E-state index in [4.69, 9.17) is 16.3 Å². The highest BCUT2D eigenvalue weighted by Gasteiger charge is 2.26. The summed E-state index contributed by atoms with van der Waals surface area (Å²) in [5.74, 6) is 0.951. The molecule has 36 heavy (non-hydrogen) atoms. The first-order chi connectivity index (χ1) is 17.7. The number of benzene rings is 3. The maximum Gasteiger partial charge on any atom is 0.134 e. The Kier molecular flexibility index (Phi) is 6.71. The molecule has 0 radical (unpaired) electrons. The van der Waals surface area contributed by atoms with Crippen LogP contribution in [0.4, 0.5) is 17.1 Å². The molecule has 6 rings (SSSR count). The van der Waals surface area contributed by atoms with E-state index in [1.807, 2.05) is 13.2 Å². The Hall–Kier alpha value is -2.85. The zero-order valence-corrected chi connectivity index (χ0v) is 22.1. The smallest absolute Gasteiger partial charge is 0.134 e. The SMILES string of the molecule is COc1c(-c2ccccc2N2CCCC2)cc(N2CCCC2)cc1-c1ccc(Cl)cc1N1CCCC1. The number of hydrogen-bond acceptors (Lipinski definition) is 4. The zero-order chi connectivity index (χ0) is 24.5. The van der Waals surface area contributed by atoms with Crippen LogP contribution in [0.5, 0.6) is 5.75 Å². The van der Waals surface area contributed by atoms with Gasteiger partial charge in [0.25, 0.3) is 0 Å². The summed E-state index contributed by atoms with van der Waals surface area (Å²) in [4.78, 5) is 7.56. The molecule has 4 nitrogen and oxygen atoms in total. The summed E-state index contributed by atoms with van der Waals surface area (Å²) in [7, 11) is 1.82. The molecule has 0 spiro atoms. The Bertz CT molecular complexity index is 1220. The molecule has 3 saturated heterocycles. The third-order valence-corrected chi connectivity index (χ3v) is 8.32. The standard InChI is InChI=1S/C31H36ClN3O/c1-36-31-27(25-10-2-3-11-29(25)34-16-6-7-17-34)21-24(33-14-4-5-15-33)22-28(31)26-13-12-23(32)20-30(26)35-18-8-9-19-35/h2-3,10-13,20-22H,4-9,14-19H2,1H3. The van der Waals surface area contributed by atoms with Crippen LogP contribution in [0.2, 0.25) is 5.02 Å². The van der Waals surface area contributed by atoms with E-state index >= 15 is 0 Å². The summed E-state index contributed by atoms with van der Waals surface area (Å²) in [6.45, 7) is 6.61. The van der Waals surface area contributed by atoms with Crippen molar-refractivity contribution < 1.29 is 4.74 Å². The molecule has 3 heterocycles. The summed E-state index contributed by atoms with van der Waals surface area (Å²) >= 11 is 6.54. The van der Waals surface area contributed by atoms with Crippen molar-refractivity contribution in [1.29, 1.82) is 0 Å². The number of anilines is 3. The zero-order valence-electron chi connectivity index (χ0n) is 21.3. The molecule has 3 aliphatic rings. The van der Waals surface area contributed by atoms with Crippen LogP contribution in [0.25, 0.3) is 22.3 Å². The molecule has 0 unspecified atom stereocenters. The van der Waals surface area contributed by atoms with Crippen molar-refractivity contribution in [1.82, 2.24) is 0 Å². The van der Waals surface area contributed by atoms with Gasteiger partial charge in [-0.2, -0.15) is 0 Å². The number of methoxy groups -OCH3 is 1. The number of rotatable bonds is 6. The van der Waals surface area contributed by atoms with Crippen molar-refractivity contribution >= 4 is 28.7 Å². The van der Waals surface area contributed by atoms with Gasteiger partial charge in [0, 0.05) is 83.6 Å². The lowest BCUT2D eigenvalue weighted by molar-refractivity contribution is 0.418. The lowest BCUT2D eigenvalue weighted by Gasteiger charge is -2.27. The predicted octanol–water partition coefficient (Wildman–Crippen LogP) is 7.48. The molecule has 3 aromatic carbocycles. The second kappa shape index (κ2) is 10.3. The minimum absolute atomic E-state index is 0.787. The van der Waals surface area contributed by atoms with Crippen molar-refractivity contribution in [3.05, 3.63) is 59.6 Å². The van der Waals surface area contributed by atoms with Crippen molar-refractivity contribution in [2.75, 3.05) is 61.1 Å². The minimum Gasteiger partial charge on any atom is -0.495 e. The normalized spacial score (nSPS) is 17.9. The van der Waals surface area contributed by atoms with Crippen molar-refractivity contribution in [3.63, 3.8) is 0 Å². The van der Waals surface area contributed by atoms with Crippen molar-refractivity contribution in [2.45, 2.75) is 38.5 Å². The molecule has 3 fully saturated rings. The molecule has 3 aromatic rings. The van der Waals surface area contributed by atoms with Gasteiger partial charge >= 0.3 is 0 Å². The lowest BCUT2D eigenvalue weighted by atomic mass is 9.93. The number of halogens is 1. The summed E-state index contributed by atoms with van der Waals surface area (Å²) in [6.07, 6.45) is 7.47. The summed E-state index contributed by atoms with van der Waals surface area (Å²) in [5.41, 5.74) is 8.63. The van der Waals surface area contributed by atoms with Crippen molar-refractivity contribution in [3.8, 4) is 28.0 Å². The van der Waals surface area contributed by atoms with Crippen LogP contribution in [0.15, 0.2) is 54.6 Å². The molecule has 5 heteroatoms. The molecule has 3 aliphatic heterocycles. The highest BCUT2D eigenvalue weighted by atomic mass is 35.5. The average Bonchev–Trinajstić information content (AvgIpc) is 3.72. The van der Waals surface area contributed by atoms with Crippen LogP contribution >= 0.6 is 11.6 Å². The first-order valence-electron chi connectivity index (χ1n) is 13.6. The third-order valence-electron chi connectivity index (χ3n) is 8.09. The van der Waals surface area contributed by atoms with Gasteiger partial charge < -0.3 is 19.4 Å². The van der Waals surface area contributed by atoms with Gasteiger partial charge in [0.05, 0.1) is 7.11 Å². The quantitative estimate of drug-likeness (QED) is 0.348. The second-order valence-corrected chi connectivity index (χ2v) is 10.8. The van der Waals surface area contributed by atoms with Gasteiger partial charge in [-0.1, -0.05) is 35.9 Å². The molecule has 0 atom stereocenters. The van der Waals surface area contributed by atoms with Gasteiger partial charge in [0.2, 0.25) is 0 Å². The number of para-hydroxylation sites is 1. The third kappa shape index (κ3) is 4.41. The van der Waals surface area contributed by atoms with E-state index in [2.05, 4.69) is 63.2 Å². The van der Waals surface area contributed by atoms with Crippen LogP contribution in [-0.2, 0) is 0 Å². The van der Waals surface area contributed by atoms with Crippen LogP contribution in [0.3, 0.4) is 0 Å². The monoisotopic (exact) mass is 501 g/mol. The molecule has 0 N–H and O–H groups in total. The van der Waals surface area contributed by atoms with Crippen molar-refractivity contribution in [2.24, 2.45) is 0 Å². The molecule has 188 valence electrons. The van der Waals surface area contributed by atoms with Crippen LogP contribution in [0, 0.1) is 0 Å². The van der Waals surface area contributed by atoms with E-state index in [0.717, 1.165) is 55.6 Å². The molecule has 0 saturated carbocycles. The summed E-state index contributed by atoms with van der Waals surface area (Å²) < 4.78 is 6.28. The van der Waals surface area contributed by atoms with E-state index in [1.54, 1.807) is 0 Å². The lowest BCUT2D eigenvalue weighted by Crippen LogP contribution is -2.20. The van der Waals surface area contributed by atoms with Crippen LogP contribution < -0.4 is 19.4 Å². The van der Waals surface area contributed by atoms with E-state index in [0.29, 0.717) is 0 Å². The van der Waals surface area contributed by atoms with E-state index in [9.17, 15) is 0 Å². The molecule has 0 aliphatic carbocycles. The number of ether oxygens (including phenoxy) is 1. The molecular weight excluding hydrogens is 466 g/mol. The Balaban J connectivity index is 1.58. The topological polar surface area (TPSA) is 19.0 Å². The van der Waals surface area contributed by atoms with Gasteiger partial charge in [-0.15, -0.1) is 0 Å². The predicted molar refractivity (Wildman–Crippen MR) is 153 cm³/mol. The number of nitrogens with zero attached hydrogens (tertiary/aromatic N) is 3. The summed E-state index contributed by atoms with van der Waals surface area (Å²) in [6, 6.07) is 20.0. The van der Waals surface area contributed by atoms with Gasteiger partial charge in [-0.25, -0.2) is 0 Å². The van der Waals surface area contributed by atoms with Crippen LogP contribution in [-0.4, -0.2) is 46.4 Å². The fraction of sp³-hybridized carbons (Fsp3) is 0.419. The first-order valence-corrected chi connectivity index (χ1v) is 14.0. The van der Waals surface area contributed by atoms with E-state index < -0.39 is 0 Å².